The first kappa shape index (κ1) is 19.0. The molecule has 28 heavy (non-hydrogen) atoms. The van der Waals surface area contributed by atoms with Crippen LogP contribution in [0, 0.1) is 0 Å². The number of ether oxygens (including phenoxy) is 1. The van der Waals surface area contributed by atoms with Crippen LogP contribution in [-0.4, -0.2) is 49.4 Å². The van der Waals surface area contributed by atoms with Crippen molar-refractivity contribution in [2.75, 3.05) is 23.5 Å². The van der Waals surface area contributed by atoms with Crippen LogP contribution in [0.1, 0.15) is 5.56 Å². The molecular weight excluding hydrogens is 396 g/mol. The summed E-state index contributed by atoms with van der Waals surface area (Å²) in [5.74, 6) is 0.568. The molecule has 2 aliphatic rings. The van der Waals surface area contributed by atoms with E-state index >= 15 is 0 Å². The first-order valence-corrected chi connectivity index (χ1v) is 11.6. The zero-order valence-corrected chi connectivity index (χ0v) is 16.9. The summed E-state index contributed by atoms with van der Waals surface area (Å²) >= 11 is 1.38. The van der Waals surface area contributed by atoms with Crippen molar-refractivity contribution in [3.05, 3.63) is 60.2 Å². The van der Waals surface area contributed by atoms with E-state index in [-0.39, 0.29) is 35.1 Å². The molecule has 6 nitrogen and oxygen atoms in total. The van der Waals surface area contributed by atoms with Gasteiger partial charge in [-0.25, -0.2) is 8.42 Å². The van der Waals surface area contributed by atoms with Gasteiger partial charge in [-0.05, 0) is 18.2 Å². The van der Waals surface area contributed by atoms with Crippen LogP contribution in [0.5, 0.6) is 5.75 Å². The molecule has 2 aliphatic heterocycles. The highest BCUT2D eigenvalue weighted by atomic mass is 32.2. The molecule has 2 aromatic rings. The number of carbonyl (C=O) groups excluding carboxylic acids is 1. The molecule has 0 saturated carbocycles. The Hall–Kier alpha value is -2.32. The summed E-state index contributed by atoms with van der Waals surface area (Å²) in [5.41, 5.74) is 1.62. The van der Waals surface area contributed by atoms with E-state index in [0.717, 1.165) is 11.3 Å². The Labute approximate surface area is 168 Å². The van der Waals surface area contributed by atoms with Crippen LogP contribution in [0.25, 0.3) is 0 Å². The van der Waals surface area contributed by atoms with Gasteiger partial charge in [0.25, 0.3) is 5.91 Å². The molecule has 8 heteroatoms. The number of thioether (sulfide) groups is 1. The smallest absolute Gasteiger partial charge is 0.252 e. The van der Waals surface area contributed by atoms with Gasteiger partial charge in [-0.15, -0.1) is 0 Å². The van der Waals surface area contributed by atoms with Crippen molar-refractivity contribution in [3.63, 3.8) is 0 Å². The molecule has 0 aliphatic carbocycles. The average Bonchev–Trinajstić information content (AvgIpc) is 3.13. The molecule has 0 aromatic heterocycles. The maximum absolute atomic E-state index is 12.7. The Morgan fingerprint density at radius 3 is 2.61 bits per heavy atom. The third kappa shape index (κ3) is 3.79. The van der Waals surface area contributed by atoms with Crippen molar-refractivity contribution in [3.8, 4) is 5.75 Å². The first-order valence-electron chi connectivity index (χ1n) is 8.91. The average molecular weight is 417 g/mol. The number of anilines is 1. The van der Waals surface area contributed by atoms with Gasteiger partial charge in [0, 0.05) is 16.5 Å². The lowest BCUT2D eigenvalue weighted by atomic mass is 10.1. The van der Waals surface area contributed by atoms with Gasteiger partial charge < -0.3 is 9.64 Å². The second kappa shape index (κ2) is 7.60. The fraction of sp³-hybridized carbons (Fsp3) is 0.300. The summed E-state index contributed by atoms with van der Waals surface area (Å²) in [5, 5.41) is 0.457. The maximum atomic E-state index is 12.7. The molecule has 2 saturated heterocycles. The Balaban J connectivity index is 1.63. The SMILES string of the molecule is COc1ccccc1CC(=O)N=C1S[C@H]2CS(=O)(=O)C[C@H]2N1c1ccccc1. The molecule has 0 spiro atoms. The molecule has 2 fully saturated rings. The normalized spacial score (nSPS) is 24.3. The molecule has 0 bridgehead atoms. The lowest BCUT2D eigenvalue weighted by Gasteiger charge is -2.24. The number of para-hydroxylation sites is 2. The van der Waals surface area contributed by atoms with Crippen molar-refractivity contribution in [1.82, 2.24) is 0 Å². The maximum Gasteiger partial charge on any atom is 0.252 e. The number of fused-ring (bicyclic) bond motifs is 1. The second-order valence-corrected chi connectivity index (χ2v) is 10.1. The highest BCUT2D eigenvalue weighted by Crippen LogP contribution is 2.40. The number of aliphatic imine (C=N–C) groups is 1. The summed E-state index contributed by atoms with van der Waals surface area (Å²) in [4.78, 5) is 18.9. The molecule has 0 unspecified atom stereocenters. The van der Waals surface area contributed by atoms with Crippen molar-refractivity contribution in [2.24, 2.45) is 4.99 Å². The summed E-state index contributed by atoms with van der Waals surface area (Å²) in [6.45, 7) is 0. The second-order valence-electron chi connectivity index (χ2n) is 6.78. The first-order chi connectivity index (χ1) is 13.5. The number of benzene rings is 2. The van der Waals surface area contributed by atoms with Crippen LogP contribution in [0.3, 0.4) is 0 Å². The van der Waals surface area contributed by atoms with E-state index < -0.39 is 9.84 Å². The number of amidine groups is 1. The fourth-order valence-electron chi connectivity index (χ4n) is 3.61. The van der Waals surface area contributed by atoms with Crippen LogP contribution in [0.15, 0.2) is 59.6 Å². The summed E-state index contributed by atoms with van der Waals surface area (Å²) < 4.78 is 29.5. The van der Waals surface area contributed by atoms with E-state index in [1.165, 1.54) is 11.8 Å². The third-order valence-electron chi connectivity index (χ3n) is 4.86. The van der Waals surface area contributed by atoms with Crippen LogP contribution < -0.4 is 9.64 Å². The van der Waals surface area contributed by atoms with Gasteiger partial charge in [0.15, 0.2) is 15.0 Å². The number of nitrogens with zero attached hydrogens (tertiary/aromatic N) is 2. The van der Waals surface area contributed by atoms with Gasteiger partial charge in [0.2, 0.25) is 0 Å². The van der Waals surface area contributed by atoms with Crippen LogP contribution in [0.2, 0.25) is 0 Å². The molecule has 2 atom stereocenters. The van der Waals surface area contributed by atoms with E-state index in [9.17, 15) is 13.2 Å². The quantitative estimate of drug-likeness (QED) is 0.762. The summed E-state index contributed by atoms with van der Waals surface area (Å²) in [7, 11) is -1.50. The number of carbonyl (C=O) groups is 1. The molecule has 146 valence electrons. The summed E-state index contributed by atoms with van der Waals surface area (Å²) in [6.07, 6.45) is 0.129. The molecule has 1 amide bonds. The van der Waals surface area contributed by atoms with E-state index in [1.54, 1.807) is 7.11 Å². The van der Waals surface area contributed by atoms with Crippen molar-refractivity contribution >= 4 is 38.4 Å². The number of sulfone groups is 1. The minimum Gasteiger partial charge on any atom is -0.496 e. The van der Waals surface area contributed by atoms with Crippen molar-refractivity contribution in [2.45, 2.75) is 17.7 Å². The third-order valence-corrected chi connectivity index (χ3v) is 8.07. The number of hydrogen-bond donors (Lipinski definition) is 0. The molecule has 4 rings (SSSR count). The molecular formula is C20H20N2O4S2. The van der Waals surface area contributed by atoms with Gasteiger partial charge in [-0.2, -0.15) is 4.99 Å². The predicted octanol–water partition coefficient (Wildman–Crippen LogP) is 2.54. The molecule has 2 aromatic carbocycles. The van der Waals surface area contributed by atoms with E-state index in [4.69, 9.17) is 4.74 Å². The zero-order valence-electron chi connectivity index (χ0n) is 15.3. The van der Waals surface area contributed by atoms with Crippen molar-refractivity contribution < 1.29 is 17.9 Å². The monoisotopic (exact) mass is 416 g/mol. The number of rotatable bonds is 4. The summed E-state index contributed by atoms with van der Waals surface area (Å²) in [6, 6.07) is 16.7. The predicted molar refractivity (Wildman–Crippen MR) is 112 cm³/mol. The van der Waals surface area contributed by atoms with Crippen molar-refractivity contribution in [1.29, 1.82) is 0 Å². The van der Waals surface area contributed by atoms with Gasteiger partial charge in [-0.3, -0.25) is 4.79 Å². The Morgan fingerprint density at radius 1 is 1.14 bits per heavy atom. The van der Waals surface area contributed by atoms with Crippen LogP contribution >= 0.6 is 11.8 Å². The Bertz CT molecular complexity index is 1020. The highest BCUT2D eigenvalue weighted by molar-refractivity contribution is 8.16. The topological polar surface area (TPSA) is 76.0 Å². The minimum atomic E-state index is -3.07. The Kier molecular flexibility index (Phi) is 5.16. The standard InChI is InChI=1S/C20H20N2O4S2/c1-26-17-10-6-5-7-14(17)11-19(23)21-20-22(15-8-3-2-4-9-15)16-12-28(24,25)13-18(16)27-20/h2-10,16,18H,11-13H2,1H3/t16-,18+/m1/s1. The number of amides is 1. The van der Waals surface area contributed by atoms with Gasteiger partial charge in [0.05, 0.1) is 31.1 Å². The van der Waals surface area contributed by atoms with Gasteiger partial charge in [0.1, 0.15) is 5.75 Å². The molecule has 0 radical (unpaired) electrons. The lowest BCUT2D eigenvalue weighted by Crippen LogP contribution is -2.37. The van der Waals surface area contributed by atoms with Crippen LogP contribution in [0.4, 0.5) is 5.69 Å². The lowest BCUT2D eigenvalue weighted by molar-refractivity contribution is -0.117. The van der Waals surface area contributed by atoms with Crippen LogP contribution in [-0.2, 0) is 21.1 Å². The van der Waals surface area contributed by atoms with E-state index in [0.29, 0.717) is 10.9 Å². The highest BCUT2D eigenvalue weighted by Gasteiger charge is 2.49. The number of hydrogen-bond acceptors (Lipinski definition) is 5. The van der Waals surface area contributed by atoms with E-state index in [2.05, 4.69) is 4.99 Å². The fourth-order valence-corrected chi connectivity index (χ4v) is 7.54. The Morgan fingerprint density at radius 2 is 1.86 bits per heavy atom. The largest absolute Gasteiger partial charge is 0.496 e. The van der Waals surface area contributed by atoms with Gasteiger partial charge in [-0.1, -0.05) is 48.2 Å². The minimum absolute atomic E-state index is 0.0826. The molecule has 2 heterocycles. The zero-order chi connectivity index (χ0) is 19.7. The van der Waals surface area contributed by atoms with Gasteiger partial charge >= 0.3 is 0 Å². The van der Waals surface area contributed by atoms with E-state index in [1.807, 2.05) is 59.5 Å². The number of methoxy groups -OCH3 is 1. The molecule has 0 N–H and O–H groups in total.